The van der Waals surface area contributed by atoms with Crippen LogP contribution in [0.4, 0.5) is 16.2 Å². The number of fused-ring (bicyclic) bond motifs is 3. The molecule has 4 heterocycles. The van der Waals surface area contributed by atoms with Crippen LogP contribution < -0.4 is 14.5 Å². The molecule has 6 aromatic rings. The number of ether oxygens (including phenoxy) is 3. The summed E-state index contributed by atoms with van der Waals surface area (Å²) in [6.45, 7) is 15.2. The minimum absolute atomic E-state index is 0.254. The van der Waals surface area contributed by atoms with E-state index in [1.807, 2.05) is 58.9 Å². The first-order chi connectivity index (χ1) is 28.1. The van der Waals surface area contributed by atoms with E-state index in [0.29, 0.717) is 51.5 Å². The maximum atomic E-state index is 14.0. The predicted octanol–water partition coefficient (Wildman–Crippen LogP) is 9.15. The van der Waals surface area contributed by atoms with E-state index in [9.17, 15) is 9.59 Å². The van der Waals surface area contributed by atoms with Crippen molar-refractivity contribution in [1.29, 1.82) is 0 Å². The van der Waals surface area contributed by atoms with E-state index in [4.69, 9.17) is 19.3 Å². The van der Waals surface area contributed by atoms with E-state index < -0.39 is 5.60 Å². The molecule has 11 heteroatoms. The first-order valence-electron chi connectivity index (χ1n) is 20.6. The zero-order valence-electron chi connectivity index (χ0n) is 34.3. The van der Waals surface area contributed by atoms with Crippen LogP contribution in [0, 0.1) is 6.92 Å². The van der Waals surface area contributed by atoms with E-state index in [1.165, 1.54) is 0 Å². The van der Waals surface area contributed by atoms with Crippen LogP contribution in [0.2, 0.25) is 0 Å². The summed E-state index contributed by atoms with van der Waals surface area (Å²) in [5, 5.41) is 11.4. The lowest BCUT2D eigenvalue weighted by atomic mass is 9.98. The average molecular weight is 783 g/mol. The Labute approximate surface area is 340 Å². The second-order valence-corrected chi connectivity index (χ2v) is 16.2. The third kappa shape index (κ3) is 7.95. The quantitative estimate of drug-likeness (QED) is 0.114. The zero-order valence-corrected chi connectivity index (χ0v) is 34.3. The molecule has 0 atom stereocenters. The zero-order chi connectivity index (χ0) is 40.4. The fourth-order valence-electron chi connectivity index (χ4n) is 8.56. The number of aromatic amines is 1. The number of hydrogen-bond donors (Lipinski definition) is 1. The number of piperazine rings is 1. The number of aromatic nitrogens is 3. The number of rotatable bonds is 9. The summed E-state index contributed by atoms with van der Waals surface area (Å²) in [5.41, 5.74) is 8.47. The molecule has 1 fully saturated rings. The third-order valence-electron chi connectivity index (χ3n) is 11.2. The van der Waals surface area contributed by atoms with Gasteiger partial charge in [-0.3, -0.25) is 5.10 Å². The van der Waals surface area contributed by atoms with E-state index in [1.54, 1.807) is 4.90 Å². The van der Waals surface area contributed by atoms with Gasteiger partial charge in [0, 0.05) is 72.5 Å². The molecule has 58 heavy (non-hydrogen) atoms. The lowest BCUT2D eigenvalue weighted by molar-refractivity contribution is 0.0240. The minimum atomic E-state index is -0.511. The second kappa shape index (κ2) is 16.5. The smallest absolute Gasteiger partial charge is 0.410 e. The summed E-state index contributed by atoms with van der Waals surface area (Å²) >= 11 is 0. The number of anilines is 2. The van der Waals surface area contributed by atoms with Crippen molar-refractivity contribution in [3.8, 4) is 16.9 Å². The van der Waals surface area contributed by atoms with Gasteiger partial charge in [0.2, 0.25) is 0 Å². The monoisotopic (exact) mass is 782 g/mol. The van der Waals surface area contributed by atoms with Crippen LogP contribution in [0.5, 0.6) is 5.75 Å². The number of esters is 1. The van der Waals surface area contributed by atoms with Gasteiger partial charge in [-0.25, -0.2) is 9.59 Å². The predicted molar refractivity (Wildman–Crippen MR) is 230 cm³/mol. The molecule has 1 amide bonds. The fraction of sp³-hybridized carbons (Fsp3) is 0.383. The molecule has 8 rings (SSSR count). The van der Waals surface area contributed by atoms with Gasteiger partial charge in [0.05, 0.1) is 36.7 Å². The number of para-hydroxylation sites is 1. The molecule has 11 nitrogen and oxygen atoms in total. The Bertz CT molecular complexity index is 2410. The number of aryl methyl sites for hydroxylation is 3. The van der Waals surface area contributed by atoms with Gasteiger partial charge in [0.15, 0.2) is 0 Å². The van der Waals surface area contributed by atoms with Crippen molar-refractivity contribution in [3.05, 3.63) is 108 Å². The molecule has 2 aromatic heterocycles. The maximum Gasteiger partial charge on any atom is 0.410 e. The number of nitrogens with one attached hydrogen (secondary N) is 1. The van der Waals surface area contributed by atoms with Crippen molar-refractivity contribution >= 4 is 45.1 Å². The lowest BCUT2D eigenvalue weighted by Crippen LogP contribution is -2.50. The highest BCUT2D eigenvalue weighted by atomic mass is 16.6. The summed E-state index contributed by atoms with van der Waals surface area (Å²) in [5.74, 6) is 0.572. The Kier molecular flexibility index (Phi) is 11.0. The van der Waals surface area contributed by atoms with Crippen molar-refractivity contribution in [2.45, 2.75) is 72.6 Å². The topological polar surface area (TPSA) is 105 Å². The summed E-state index contributed by atoms with van der Waals surface area (Å²) in [6, 6.07) is 29.5. The van der Waals surface area contributed by atoms with Gasteiger partial charge in [-0.05, 0) is 95.2 Å². The van der Waals surface area contributed by atoms with E-state index in [2.05, 4.69) is 80.1 Å². The highest BCUT2D eigenvalue weighted by molar-refractivity contribution is 6.05. The molecule has 4 aromatic carbocycles. The molecule has 1 saturated heterocycles. The Morgan fingerprint density at radius 1 is 0.810 bits per heavy atom. The third-order valence-corrected chi connectivity index (χ3v) is 11.2. The number of carbonyl (C=O) groups excluding carboxylic acids is 2. The van der Waals surface area contributed by atoms with E-state index in [-0.39, 0.29) is 12.1 Å². The second-order valence-electron chi connectivity index (χ2n) is 16.2. The number of amides is 1. The molecule has 2 aliphatic heterocycles. The standard InChI is InChI=1S/C47H54N6O5/c1-6-56-45(54)44-38(18-11-30-57-41-19-9-14-33-13-7-8-15-36(33)41)37-16-10-17-39-42-32(2)48-49-40(42)31-52(24-12-25-53(44)43(37)39)35-22-20-34(21-23-35)50-26-28-51(29-27-50)46(55)58-47(3,4)5/h7-10,13-17,19-23H,6,11-12,18,24-31H2,1-5H3,(H,48,49). The average Bonchev–Trinajstić information content (AvgIpc) is 3.75. The maximum absolute atomic E-state index is 14.0. The van der Waals surface area contributed by atoms with Crippen molar-refractivity contribution in [2.24, 2.45) is 0 Å². The summed E-state index contributed by atoms with van der Waals surface area (Å²) in [4.78, 5) is 33.1. The van der Waals surface area contributed by atoms with Crippen molar-refractivity contribution < 1.29 is 23.8 Å². The summed E-state index contributed by atoms with van der Waals surface area (Å²) in [7, 11) is 0. The number of carbonyl (C=O) groups is 2. The van der Waals surface area contributed by atoms with Crippen LogP contribution in [0.3, 0.4) is 0 Å². The van der Waals surface area contributed by atoms with E-state index in [0.717, 1.165) is 99.4 Å². The van der Waals surface area contributed by atoms with Gasteiger partial charge in [0.1, 0.15) is 17.0 Å². The molecule has 2 aliphatic rings. The molecule has 0 radical (unpaired) electrons. The van der Waals surface area contributed by atoms with Crippen LogP contribution in [-0.2, 0) is 29.0 Å². The van der Waals surface area contributed by atoms with Gasteiger partial charge in [-0.15, -0.1) is 0 Å². The Hall–Kier alpha value is -5.97. The van der Waals surface area contributed by atoms with Gasteiger partial charge in [0.25, 0.3) is 0 Å². The summed E-state index contributed by atoms with van der Waals surface area (Å²) < 4.78 is 19.9. The molecule has 0 spiro atoms. The molecular weight excluding hydrogens is 729 g/mol. The molecule has 0 aliphatic carbocycles. The van der Waals surface area contributed by atoms with Gasteiger partial charge < -0.3 is 33.5 Å². The normalized spacial score (nSPS) is 14.7. The SMILES string of the molecule is CCOC(=O)c1c(CCCOc2cccc3ccccc23)c2cccc3c2n1CCCN(c1ccc(N2CCN(C(=O)OC(C)(C)C)CC2)cc1)Cc1[nH]nc(C)c1-3. The molecule has 302 valence electrons. The number of hydrogen-bond acceptors (Lipinski definition) is 8. The Morgan fingerprint density at radius 2 is 1.52 bits per heavy atom. The summed E-state index contributed by atoms with van der Waals surface area (Å²) in [6.07, 6.45) is 1.96. The number of benzene rings is 4. The highest BCUT2D eigenvalue weighted by Crippen LogP contribution is 2.39. The first-order valence-corrected chi connectivity index (χ1v) is 20.6. The van der Waals surface area contributed by atoms with E-state index >= 15 is 0 Å². The fourth-order valence-corrected chi connectivity index (χ4v) is 8.56. The van der Waals surface area contributed by atoms with Crippen LogP contribution in [-0.4, -0.2) is 83.3 Å². The number of H-pyrrole nitrogens is 1. The molecular formula is C47H54N6O5. The van der Waals surface area contributed by atoms with Gasteiger partial charge in [-0.2, -0.15) is 5.10 Å². The Balaban J connectivity index is 1.05. The van der Waals surface area contributed by atoms with Crippen LogP contribution in [0.1, 0.15) is 68.0 Å². The van der Waals surface area contributed by atoms with Gasteiger partial charge >= 0.3 is 12.1 Å². The van der Waals surface area contributed by atoms with Crippen LogP contribution in [0.15, 0.2) is 84.9 Å². The van der Waals surface area contributed by atoms with Crippen molar-refractivity contribution in [1.82, 2.24) is 19.7 Å². The lowest BCUT2D eigenvalue weighted by Gasteiger charge is -2.37. The minimum Gasteiger partial charge on any atom is -0.493 e. The largest absolute Gasteiger partial charge is 0.493 e. The molecule has 0 unspecified atom stereocenters. The van der Waals surface area contributed by atoms with Gasteiger partial charge in [-0.1, -0.05) is 54.6 Å². The first kappa shape index (κ1) is 38.9. The molecule has 1 N–H and O–H groups in total. The van der Waals surface area contributed by atoms with Crippen LogP contribution in [0.25, 0.3) is 32.8 Å². The van der Waals surface area contributed by atoms with Crippen molar-refractivity contribution in [2.75, 3.05) is 55.7 Å². The number of nitrogens with zero attached hydrogens (tertiary/aromatic N) is 5. The van der Waals surface area contributed by atoms with Crippen molar-refractivity contribution in [3.63, 3.8) is 0 Å². The molecule has 0 bridgehead atoms. The highest BCUT2D eigenvalue weighted by Gasteiger charge is 2.29. The van der Waals surface area contributed by atoms with Crippen LogP contribution >= 0.6 is 0 Å². The molecule has 0 saturated carbocycles. The Morgan fingerprint density at radius 3 is 2.28 bits per heavy atom.